The van der Waals surface area contributed by atoms with Crippen LogP contribution in [0, 0.1) is 0 Å². The second-order valence-corrected chi connectivity index (χ2v) is 8.22. The first-order valence-corrected chi connectivity index (χ1v) is 11.1. The molecule has 3 heterocycles. The first-order valence-electron chi connectivity index (χ1n) is 11.1. The van der Waals surface area contributed by atoms with Crippen molar-refractivity contribution >= 4 is 29.9 Å². The minimum absolute atomic E-state index is 0. The molecule has 0 saturated carbocycles. The number of ether oxygens (including phenoxy) is 1. The summed E-state index contributed by atoms with van der Waals surface area (Å²) in [5.74, 6) is 0.954. The van der Waals surface area contributed by atoms with E-state index in [2.05, 4.69) is 51.4 Å². The highest BCUT2D eigenvalue weighted by Crippen LogP contribution is 2.22. The van der Waals surface area contributed by atoms with Crippen LogP contribution in [0.25, 0.3) is 0 Å². The predicted molar refractivity (Wildman–Crippen MR) is 135 cm³/mol. The van der Waals surface area contributed by atoms with E-state index in [-0.39, 0.29) is 30.1 Å². The van der Waals surface area contributed by atoms with Crippen molar-refractivity contribution < 1.29 is 4.74 Å². The number of guanidine groups is 1. The van der Waals surface area contributed by atoms with Crippen molar-refractivity contribution in [1.29, 1.82) is 0 Å². The van der Waals surface area contributed by atoms with Crippen LogP contribution < -0.4 is 5.32 Å². The molecule has 0 bridgehead atoms. The van der Waals surface area contributed by atoms with Crippen LogP contribution in [-0.2, 0) is 24.9 Å². The van der Waals surface area contributed by atoms with Gasteiger partial charge in [-0.3, -0.25) is 9.58 Å². The first-order chi connectivity index (χ1) is 14.7. The molecule has 0 amide bonds. The van der Waals surface area contributed by atoms with Crippen LogP contribution in [0.2, 0.25) is 0 Å². The summed E-state index contributed by atoms with van der Waals surface area (Å²) in [6, 6.07) is 8.94. The van der Waals surface area contributed by atoms with Crippen molar-refractivity contribution in [3.63, 3.8) is 0 Å². The topological polar surface area (TPSA) is 57.9 Å². The van der Waals surface area contributed by atoms with Crippen molar-refractivity contribution in [3.8, 4) is 0 Å². The normalized spacial score (nSPS) is 20.0. The number of nitrogens with zero attached hydrogens (tertiary/aromatic N) is 5. The van der Waals surface area contributed by atoms with Gasteiger partial charge in [-0.05, 0) is 44.0 Å². The van der Waals surface area contributed by atoms with Gasteiger partial charge in [0.15, 0.2) is 5.96 Å². The number of aliphatic imine (C=N–C) groups is 1. The summed E-state index contributed by atoms with van der Waals surface area (Å²) in [6.45, 7) is 9.50. The third-order valence-electron chi connectivity index (χ3n) is 5.84. The van der Waals surface area contributed by atoms with E-state index in [0.717, 1.165) is 37.7 Å². The average molecular weight is 538 g/mol. The number of likely N-dealkylation sites (tertiary alicyclic amines) is 1. The average Bonchev–Trinajstić information content (AvgIpc) is 3.44. The quantitative estimate of drug-likeness (QED) is 0.348. The van der Waals surface area contributed by atoms with Gasteiger partial charge in [-0.1, -0.05) is 24.3 Å². The van der Waals surface area contributed by atoms with E-state index in [9.17, 15) is 0 Å². The Balaban J connectivity index is 0.00000272. The highest BCUT2D eigenvalue weighted by atomic mass is 127. The number of hydrogen-bond donors (Lipinski definition) is 1. The molecule has 2 saturated heterocycles. The van der Waals surface area contributed by atoms with Gasteiger partial charge in [-0.25, -0.2) is 4.99 Å². The van der Waals surface area contributed by atoms with Gasteiger partial charge in [0.1, 0.15) is 6.10 Å². The van der Waals surface area contributed by atoms with Crippen LogP contribution >= 0.6 is 24.0 Å². The zero-order valence-electron chi connectivity index (χ0n) is 18.7. The van der Waals surface area contributed by atoms with E-state index in [1.165, 1.54) is 37.1 Å². The number of rotatable bonds is 6. The fraction of sp³-hybridized carbons (Fsp3) is 0.565. The molecule has 2 aliphatic heterocycles. The Morgan fingerprint density at radius 1 is 1.16 bits per heavy atom. The summed E-state index contributed by atoms with van der Waals surface area (Å²) >= 11 is 0. The molecule has 2 aliphatic rings. The molecular formula is C23H35IN6O. The van der Waals surface area contributed by atoms with Crippen molar-refractivity contribution in [1.82, 2.24) is 24.9 Å². The van der Waals surface area contributed by atoms with Crippen LogP contribution in [0.1, 0.15) is 42.6 Å². The second kappa shape index (κ2) is 11.8. The Morgan fingerprint density at radius 3 is 2.58 bits per heavy atom. The van der Waals surface area contributed by atoms with Gasteiger partial charge in [0.25, 0.3) is 0 Å². The summed E-state index contributed by atoms with van der Waals surface area (Å²) in [4.78, 5) is 9.75. The lowest BCUT2D eigenvalue weighted by atomic mass is 10.1. The number of hydrogen-bond acceptors (Lipinski definition) is 4. The molecule has 0 radical (unpaired) electrons. The number of aromatic nitrogens is 2. The molecule has 0 aliphatic carbocycles. The maximum atomic E-state index is 5.98. The number of aryl methyl sites for hydroxylation is 1. The van der Waals surface area contributed by atoms with E-state index in [0.29, 0.717) is 13.2 Å². The van der Waals surface area contributed by atoms with Crippen LogP contribution in [0.4, 0.5) is 0 Å². The first kappa shape index (κ1) is 24.0. The lowest BCUT2D eigenvalue weighted by Gasteiger charge is -2.34. The smallest absolute Gasteiger partial charge is 0.194 e. The molecule has 8 heteroatoms. The zero-order chi connectivity index (χ0) is 20.8. The van der Waals surface area contributed by atoms with Crippen molar-refractivity contribution in [2.75, 3.05) is 39.3 Å². The summed E-state index contributed by atoms with van der Waals surface area (Å²) in [5.41, 5.74) is 3.75. The van der Waals surface area contributed by atoms with Gasteiger partial charge in [-0.2, -0.15) is 5.10 Å². The second-order valence-electron chi connectivity index (χ2n) is 8.22. The van der Waals surface area contributed by atoms with E-state index >= 15 is 0 Å². The Kier molecular flexibility index (Phi) is 9.15. The molecule has 1 atom stereocenters. The van der Waals surface area contributed by atoms with Gasteiger partial charge in [0, 0.05) is 38.4 Å². The molecule has 4 rings (SSSR count). The molecule has 170 valence electrons. The zero-order valence-corrected chi connectivity index (χ0v) is 21.0. The predicted octanol–water partition coefficient (Wildman–Crippen LogP) is 3.17. The van der Waals surface area contributed by atoms with Crippen molar-refractivity contribution in [2.24, 2.45) is 12.0 Å². The molecule has 1 unspecified atom stereocenters. The Labute approximate surface area is 202 Å². The van der Waals surface area contributed by atoms with Crippen LogP contribution in [0.5, 0.6) is 0 Å². The Hall–Kier alpha value is -1.65. The van der Waals surface area contributed by atoms with Crippen LogP contribution in [-0.4, -0.2) is 64.9 Å². The third-order valence-corrected chi connectivity index (χ3v) is 5.84. The number of benzene rings is 1. The van der Waals surface area contributed by atoms with Gasteiger partial charge in [0.2, 0.25) is 0 Å². The Bertz CT molecular complexity index is 831. The molecule has 1 aromatic carbocycles. The van der Waals surface area contributed by atoms with Crippen LogP contribution in [0.3, 0.4) is 0 Å². The Morgan fingerprint density at radius 2 is 1.90 bits per heavy atom. The number of nitrogens with one attached hydrogen (secondary N) is 1. The fourth-order valence-corrected chi connectivity index (χ4v) is 4.19. The minimum Gasteiger partial charge on any atom is -0.370 e. The van der Waals surface area contributed by atoms with E-state index < -0.39 is 0 Å². The maximum Gasteiger partial charge on any atom is 0.194 e. The molecule has 2 fully saturated rings. The SMILES string of the molecule is CCNC(=NCc1ccc(CN2CCCC2)cc1)N1CCOC(c2cnn(C)c2)C1.I. The highest BCUT2D eigenvalue weighted by molar-refractivity contribution is 14.0. The fourth-order valence-electron chi connectivity index (χ4n) is 4.19. The van der Waals surface area contributed by atoms with Gasteiger partial charge < -0.3 is 15.0 Å². The van der Waals surface area contributed by atoms with Crippen LogP contribution in [0.15, 0.2) is 41.7 Å². The van der Waals surface area contributed by atoms with E-state index in [1.54, 1.807) is 0 Å². The molecule has 1 aromatic heterocycles. The monoisotopic (exact) mass is 538 g/mol. The van der Waals surface area contributed by atoms with Crippen molar-refractivity contribution in [2.45, 2.75) is 39.0 Å². The lowest BCUT2D eigenvalue weighted by molar-refractivity contribution is -0.00805. The lowest BCUT2D eigenvalue weighted by Crippen LogP contribution is -2.48. The minimum atomic E-state index is 0. The largest absolute Gasteiger partial charge is 0.370 e. The van der Waals surface area contributed by atoms with E-state index in [1.807, 2.05) is 24.1 Å². The maximum absolute atomic E-state index is 5.98. The van der Waals surface area contributed by atoms with E-state index in [4.69, 9.17) is 9.73 Å². The molecule has 1 N–H and O–H groups in total. The summed E-state index contributed by atoms with van der Waals surface area (Å²) in [5, 5.41) is 7.73. The highest BCUT2D eigenvalue weighted by Gasteiger charge is 2.25. The van der Waals surface area contributed by atoms with Gasteiger partial charge in [0.05, 0.1) is 25.9 Å². The summed E-state index contributed by atoms with van der Waals surface area (Å²) in [7, 11) is 1.94. The molecular weight excluding hydrogens is 503 g/mol. The standard InChI is InChI=1S/C23H34N6O.HI/c1-3-24-23(29-12-13-30-22(18-29)21-15-26-27(2)17-21)25-14-19-6-8-20(9-7-19)16-28-10-4-5-11-28;/h6-9,15,17,22H,3-5,10-14,16,18H2,1-2H3,(H,24,25);1H. The third kappa shape index (κ3) is 6.66. The molecule has 7 nitrogen and oxygen atoms in total. The molecule has 2 aromatic rings. The van der Waals surface area contributed by atoms with Gasteiger partial charge in [-0.15, -0.1) is 24.0 Å². The summed E-state index contributed by atoms with van der Waals surface area (Å²) in [6.07, 6.45) is 6.62. The number of morpholine rings is 1. The number of halogens is 1. The molecule has 31 heavy (non-hydrogen) atoms. The van der Waals surface area contributed by atoms with Gasteiger partial charge >= 0.3 is 0 Å². The molecule has 0 spiro atoms. The van der Waals surface area contributed by atoms with Crippen molar-refractivity contribution in [3.05, 3.63) is 53.3 Å². The summed E-state index contributed by atoms with van der Waals surface area (Å²) < 4.78 is 7.81.